The highest BCUT2D eigenvalue weighted by Crippen LogP contribution is 2.32. The number of hydrogen-bond acceptors (Lipinski definition) is 5. The van der Waals surface area contributed by atoms with E-state index in [1.54, 1.807) is 32.0 Å². The fourth-order valence-corrected chi connectivity index (χ4v) is 2.81. The number of anilines is 1. The number of ether oxygens (including phenoxy) is 1. The normalized spacial score (nSPS) is 11.4. The second-order valence-electron chi connectivity index (χ2n) is 7.24. The highest BCUT2D eigenvalue weighted by Gasteiger charge is 2.14. The van der Waals surface area contributed by atoms with E-state index >= 15 is 0 Å². The predicted octanol–water partition coefficient (Wildman–Crippen LogP) is 5.41. The molecule has 1 heterocycles. The van der Waals surface area contributed by atoms with E-state index in [0.717, 1.165) is 11.4 Å². The van der Waals surface area contributed by atoms with Crippen LogP contribution in [0.25, 0.3) is 0 Å². The molecule has 2 aromatic carbocycles. The van der Waals surface area contributed by atoms with E-state index in [1.807, 2.05) is 50.2 Å². The lowest BCUT2D eigenvalue weighted by Crippen LogP contribution is -2.38. The number of nitrogens with zero attached hydrogens (tertiary/aromatic N) is 3. The van der Waals surface area contributed by atoms with Gasteiger partial charge in [0, 0.05) is 22.3 Å². The van der Waals surface area contributed by atoms with E-state index < -0.39 is 0 Å². The standard InChI is InChI=1S/C23H24ClN5O2/c1-14(2)21(30)28-23(29-22-25-15(3)12-16(4)26-22)27-19-13-17(24)10-11-20(19)31-18-8-6-5-7-9-18/h5-14H,1-4H3,(H2,25,26,27,28,29,30). The number of hydrogen-bond donors (Lipinski definition) is 2. The molecule has 0 fully saturated rings. The Balaban J connectivity index is 1.97. The molecule has 0 bridgehead atoms. The van der Waals surface area contributed by atoms with Gasteiger partial charge in [0.15, 0.2) is 5.75 Å². The first-order chi connectivity index (χ1) is 14.8. The lowest BCUT2D eigenvalue weighted by atomic mass is 10.2. The molecule has 7 nitrogen and oxygen atoms in total. The first-order valence-electron chi connectivity index (χ1n) is 9.81. The molecule has 0 aliphatic heterocycles. The summed E-state index contributed by atoms with van der Waals surface area (Å²) in [6.45, 7) is 7.31. The molecule has 0 unspecified atom stereocenters. The summed E-state index contributed by atoms with van der Waals surface area (Å²) < 4.78 is 5.99. The lowest BCUT2D eigenvalue weighted by Gasteiger charge is -2.16. The van der Waals surface area contributed by atoms with Gasteiger partial charge in [0.1, 0.15) is 5.75 Å². The Bertz CT molecular complexity index is 1080. The molecule has 3 aromatic rings. The number of aryl methyl sites for hydroxylation is 2. The second kappa shape index (κ2) is 10.0. The molecule has 0 atom stereocenters. The Morgan fingerprint density at radius 2 is 1.71 bits per heavy atom. The number of guanidine groups is 1. The minimum atomic E-state index is -0.244. The molecule has 160 valence electrons. The van der Waals surface area contributed by atoms with Crippen LogP contribution in [0, 0.1) is 19.8 Å². The van der Waals surface area contributed by atoms with Crippen molar-refractivity contribution in [3.8, 4) is 11.5 Å². The van der Waals surface area contributed by atoms with Gasteiger partial charge >= 0.3 is 0 Å². The van der Waals surface area contributed by atoms with Gasteiger partial charge in [-0.05, 0) is 50.2 Å². The summed E-state index contributed by atoms with van der Waals surface area (Å²) in [5.74, 6) is 1.13. The Morgan fingerprint density at radius 1 is 1.03 bits per heavy atom. The number of carbonyl (C=O) groups excluding carboxylic acids is 1. The van der Waals surface area contributed by atoms with E-state index in [9.17, 15) is 4.79 Å². The number of carbonyl (C=O) groups is 1. The summed E-state index contributed by atoms with van der Waals surface area (Å²) >= 11 is 6.21. The van der Waals surface area contributed by atoms with Crippen LogP contribution < -0.4 is 15.4 Å². The van der Waals surface area contributed by atoms with Crippen molar-refractivity contribution in [1.82, 2.24) is 15.3 Å². The Kier molecular flexibility index (Phi) is 7.20. The number of amides is 1. The van der Waals surface area contributed by atoms with E-state index in [1.165, 1.54) is 0 Å². The molecule has 31 heavy (non-hydrogen) atoms. The molecular formula is C23H24ClN5O2. The number of halogens is 1. The topological polar surface area (TPSA) is 88.5 Å². The average Bonchev–Trinajstić information content (AvgIpc) is 2.70. The van der Waals surface area contributed by atoms with Crippen LogP contribution in [0.5, 0.6) is 11.5 Å². The van der Waals surface area contributed by atoms with Crippen molar-refractivity contribution in [3.05, 3.63) is 71.0 Å². The minimum absolute atomic E-state index is 0.170. The number of nitrogens with one attached hydrogen (secondary N) is 2. The number of rotatable bonds is 5. The smallest absolute Gasteiger partial charge is 0.253 e. The van der Waals surface area contributed by atoms with Crippen molar-refractivity contribution in [2.75, 3.05) is 5.32 Å². The molecule has 0 aliphatic carbocycles. The van der Waals surface area contributed by atoms with E-state index in [4.69, 9.17) is 16.3 Å². The van der Waals surface area contributed by atoms with Crippen molar-refractivity contribution in [1.29, 1.82) is 0 Å². The van der Waals surface area contributed by atoms with Crippen LogP contribution in [0.2, 0.25) is 5.02 Å². The molecule has 3 rings (SSSR count). The number of para-hydroxylation sites is 1. The molecule has 0 saturated heterocycles. The van der Waals surface area contributed by atoms with Crippen LogP contribution in [0.15, 0.2) is 59.6 Å². The summed E-state index contributed by atoms with van der Waals surface area (Å²) in [7, 11) is 0. The molecule has 0 spiro atoms. The van der Waals surface area contributed by atoms with Gasteiger partial charge < -0.3 is 10.1 Å². The molecule has 1 amide bonds. The maximum Gasteiger partial charge on any atom is 0.253 e. The number of aliphatic imine (C=N–C) groups is 1. The van der Waals surface area contributed by atoms with Gasteiger partial charge in [-0.15, -0.1) is 0 Å². The van der Waals surface area contributed by atoms with Crippen molar-refractivity contribution in [2.45, 2.75) is 27.7 Å². The van der Waals surface area contributed by atoms with Gasteiger partial charge in [-0.1, -0.05) is 43.6 Å². The highest BCUT2D eigenvalue weighted by atomic mass is 35.5. The molecular weight excluding hydrogens is 414 g/mol. The third-order valence-electron chi connectivity index (χ3n) is 4.11. The maximum absolute atomic E-state index is 12.4. The second-order valence-corrected chi connectivity index (χ2v) is 7.67. The monoisotopic (exact) mass is 437 g/mol. The zero-order chi connectivity index (χ0) is 22.4. The van der Waals surface area contributed by atoms with Crippen LogP contribution in [0.1, 0.15) is 25.2 Å². The molecule has 2 N–H and O–H groups in total. The third-order valence-corrected chi connectivity index (χ3v) is 4.35. The lowest BCUT2D eigenvalue weighted by molar-refractivity contribution is -0.122. The average molecular weight is 438 g/mol. The first kappa shape index (κ1) is 22.2. The summed E-state index contributed by atoms with van der Waals surface area (Å²) in [6.07, 6.45) is 0. The largest absolute Gasteiger partial charge is 0.455 e. The summed E-state index contributed by atoms with van der Waals surface area (Å²) in [6, 6.07) is 16.4. The van der Waals surface area contributed by atoms with Crippen molar-refractivity contribution >= 4 is 35.1 Å². The minimum Gasteiger partial charge on any atom is -0.455 e. The van der Waals surface area contributed by atoms with E-state index in [-0.39, 0.29) is 23.7 Å². The maximum atomic E-state index is 12.4. The van der Waals surface area contributed by atoms with E-state index in [2.05, 4.69) is 25.6 Å². The Hall–Kier alpha value is -3.45. The molecule has 0 saturated carbocycles. The van der Waals surface area contributed by atoms with Gasteiger partial charge in [0.05, 0.1) is 5.69 Å². The Labute approximate surface area is 186 Å². The Morgan fingerprint density at radius 3 is 2.35 bits per heavy atom. The van der Waals surface area contributed by atoms with Gasteiger partial charge in [-0.3, -0.25) is 10.1 Å². The highest BCUT2D eigenvalue weighted by molar-refractivity contribution is 6.31. The fraction of sp³-hybridized carbons (Fsp3) is 0.217. The molecule has 1 aromatic heterocycles. The number of aromatic nitrogens is 2. The molecule has 0 radical (unpaired) electrons. The summed E-state index contributed by atoms with van der Waals surface area (Å²) in [5.41, 5.74) is 2.08. The van der Waals surface area contributed by atoms with Gasteiger partial charge in [0.2, 0.25) is 11.9 Å². The van der Waals surface area contributed by atoms with Crippen LogP contribution in [-0.2, 0) is 4.79 Å². The number of benzene rings is 2. The van der Waals surface area contributed by atoms with Gasteiger partial charge in [-0.2, -0.15) is 4.99 Å². The fourth-order valence-electron chi connectivity index (χ4n) is 2.64. The molecule has 0 aliphatic rings. The van der Waals surface area contributed by atoms with Crippen molar-refractivity contribution in [3.63, 3.8) is 0 Å². The van der Waals surface area contributed by atoms with Crippen LogP contribution >= 0.6 is 11.6 Å². The third kappa shape index (κ3) is 6.52. The van der Waals surface area contributed by atoms with E-state index in [0.29, 0.717) is 22.2 Å². The first-order valence-corrected chi connectivity index (χ1v) is 10.2. The van der Waals surface area contributed by atoms with Crippen LogP contribution in [0.4, 0.5) is 11.6 Å². The van der Waals surface area contributed by atoms with Gasteiger partial charge in [0.25, 0.3) is 5.95 Å². The van der Waals surface area contributed by atoms with Crippen molar-refractivity contribution < 1.29 is 9.53 Å². The SMILES string of the molecule is Cc1cc(C)nc(/N=C(\NC(=O)C(C)C)Nc2cc(Cl)ccc2Oc2ccccc2)n1. The summed E-state index contributed by atoms with van der Waals surface area (Å²) in [5, 5.41) is 6.39. The van der Waals surface area contributed by atoms with Crippen LogP contribution in [-0.4, -0.2) is 21.8 Å². The quantitative estimate of drug-likeness (QED) is 0.411. The molecule has 8 heteroatoms. The predicted molar refractivity (Wildman–Crippen MR) is 123 cm³/mol. The zero-order valence-corrected chi connectivity index (χ0v) is 18.6. The zero-order valence-electron chi connectivity index (χ0n) is 17.8. The van der Waals surface area contributed by atoms with Crippen LogP contribution in [0.3, 0.4) is 0 Å². The van der Waals surface area contributed by atoms with Crippen molar-refractivity contribution in [2.24, 2.45) is 10.9 Å². The van der Waals surface area contributed by atoms with Gasteiger partial charge in [-0.25, -0.2) is 9.97 Å². The summed E-state index contributed by atoms with van der Waals surface area (Å²) in [4.78, 5) is 25.5.